The van der Waals surface area contributed by atoms with Crippen LogP contribution in [0, 0.1) is 0 Å². The third-order valence-corrected chi connectivity index (χ3v) is 3.23. The van der Waals surface area contributed by atoms with Crippen LogP contribution in [0.3, 0.4) is 0 Å². The van der Waals surface area contributed by atoms with Crippen LogP contribution in [0.25, 0.3) is 0 Å². The highest BCUT2D eigenvalue weighted by Gasteiger charge is 2.25. The number of hydrogen-bond acceptors (Lipinski definition) is 2. The Labute approximate surface area is 85.3 Å². The fraction of sp³-hybridized carbons (Fsp3) is 0.583. The SMILES string of the molecule is CC(=O)C1=C(C)N2CCCCC2C=C1. The Hall–Kier alpha value is -1.05. The molecule has 1 saturated heterocycles. The highest BCUT2D eigenvalue weighted by molar-refractivity contribution is 5.97. The number of nitrogens with zero attached hydrogens (tertiary/aromatic N) is 1. The molecule has 1 unspecified atom stereocenters. The average molecular weight is 191 g/mol. The number of carbonyl (C=O) groups excluding carboxylic acids is 1. The summed E-state index contributed by atoms with van der Waals surface area (Å²) in [5, 5.41) is 0. The molecule has 76 valence electrons. The van der Waals surface area contributed by atoms with Crippen molar-refractivity contribution >= 4 is 5.78 Å². The third-order valence-electron chi connectivity index (χ3n) is 3.23. The number of ketones is 1. The molecule has 2 aliphatic rings. The zero-order valence-corrected chi connectivity index (χ0v) is 8.92. The minimum Gasteiger partial charge on any atom is -0.368 e. The quantitative estimate of drug-likeness (QED) is 0.633. The Morgan fingerprint density at radius 3 is 3.00 bits per heavy atom. The maximum absolute atomic E-state index is 11.3. The van der Waals surface area contributed by atoms with Gasteiger partial charge in [-0.3, -0.25) is 4.79 Å². The smallest absolute Gasteiger partial charge is 0.161 e. The maximum Gasteiger partial charge on any atom is 0.161 e. The summed E-state index contributed by atoms with van der Waals surface area (Å²) in [5.74, 6) is 0.183. The molecule has 1 fully saturated rings. The molecule has 0 aliphatic carbocycles. The van der Waals surface area contributed by atoms with Crippen molar-refractivity contribution in [2.75, 3.05) is 6.54 Å². The number of fused-ring (bicyclic) bond motifs is 1. The summed E-state index contributed by atoms with van der Waals surface area (Å²) in [7, 11) is 0. The Kier molecular flexibility index (Phi) is 2.44. The van der Waals surface area contributed by atoms with E-state index in [1.807, 2.05) is 6.08 Å². The first kappa shape index (κ1) is 9.50. The zero-order valence-electron chi connectivity index (χ0n) is 8.92. The van der Waals surface area contributed by atoms with E-state index >= 15 is 0 Å². The number of allylic oxidation sites excluding steroid dienone is 3. The molecule has 0 amide bonds. The van der Waals surface area contributed by atoms with Crippen LogP contribution in [-0.2, 0) is 4.79 Å². The standard InChI is InChI=1S/C12H17NO/c1-9-12(10(2)14)7-6-11-5-3-4-8-13(9)11/h6-7,11H,3-5,8H2,1-2H3. The number of rotatable bonds is 1. The molecule has 2 rings (SSSR count). The van der Waals surface area contributed by atoms with E-state index in [1.165, 1.54) is 25.0 Å². The molecule has 2 heteroatoms. The molecule has 0 bridgehead atoms. The van der Waals surface area contributed by atoms with Gasteiger partial charge in [-0.25, -0.2) is 0 Å². The maximum atomic E-state index is 11.3. The lowest BCUT2D eigenvalue weighted by Gasteiger charge is -2.39. The number of Topliss-reactive ketones (excluding diaryl/α,β-unsaturated/α-hetero) is 1. The summed E-state index contributed by atoms with van der Waals surface area (Å²) in [5.41, 5.74) is 2.06. The molecule has 2 aliphatic heterocycles. The molecule has 0 N–H and O–H groups in total. The lowest BCUT2D eigenvalue weighted by atomic mass is 9.94. The van der Waals surface area contributed by atoms with Crippen molar-refractivity contribution in [3.8, 4) is 0 Å². The zero-order chi connectivity index (χ0) is 10.1. The molecular formula is C12H17NO. The van der Waals surface area contributed by atoms with Gasteiger partial charge in [0.25, 0.3) is 0 Å². The first-order valence-electron chi connectivity index (χ1n) is 5.37. The number of hydrogen-bond donors (Lipinski definition) is 0. The first-order chi connectivity index (χ1) is 6.70. The van der Waals surface area contributed by atoms with Gasteiger partial charge in [0.05, 0.1) is 0 Å². The van der Waals surface area contributed by atoms with E-state index in [0.717, 1.165) is 12.1 Å². The second kappa shape index (κ2) is 3.60. The predicted molar refractivity (Wildman–Crippen MR) is 56.9 cm³/mol. The van der Waals surface area contributed by atoms with Gasteiger partial charge < -0.3 is 4.90 Å². The van der Waals surface area contributed by atoms with E-state index in [0.29, 0.717) is 6.04 Å². The molecule has 0 saturated carbocycles. The monoisotopic (exact) mass is 191 g/mol. The molecule has 0 aromatic heterocycles. The molecule has 0 spiro atoms. The molecule has 2 heterocycles. The van der Waals surface area contributed by atoms with Crippen LogP contribution < -0.4 is 0 Å². The van der Waals surface area contributed by atoms with Gasteiger partial charge in [-0.2, -0.15) is 0 Å². The highest BCUT2D eigenvalue weighted by Crippen LogP contribution is 2.28. The fourth-order valence-electron chi connectivity index (χ4n) is 2.43. The summed E-state index contributed by atoms with van der Waals surface area (Å²) in [6.07, 6.45) is 7.99. The van der Waals surface area contributed by atoms with E-state index in [4.69, 9.17) is 0 Å². The normalized spacial score (nSPS) is 26.4. The molecule has 0 radical (unpaired) electrons. The van der Waals surface area contributed by atoms with Crippen LogP contribution in [0.2, 0.25) is 0 Å². The molecular weight excluding hydrogens is 174 g/mol. The average Bonchev–Trinajstić information content (AvgIpc) is 2.18. The van der Waals surface area contributed by atoms with Crippen molar-refractivity contribution in [2.45, 2.75) is 39.2 Å². The Morgan fingerprint density at radius 2 is 2.29 bits per heavy atom. The van der Waals surface area contributed by atoms with Crippen molar-refractivity contribution in [1.82, 2.24) is 4.90 Å². The highest BCUT2D eigenvalue weighted by atomic mass is 16.1. The van der Waals surface area contributed by atoms with Crippen molar-refractivity contribution in [3.05, 3.63) is 23.4 Å². The molecule has 0 aromatic carbocycles. The van der Waals surface area contributed by atoms with Gasteiger partial charge in [0, 0.05) is 23.9 Å². The van der Waals surface area contributed by atoms with Crippen LogP contribution in [0.15, 0.2) is 23.4 Å². The topological polar surface area (TPSA) is 20.3 Å². The minimum absolute atomic E-state index is 0.183. The molecule has 0 aromatic rings. The Morgan fingerprint density at radius 1 is 1.50 bits per heavy atom. The minimum atomic E-state index is 0.183. The van der Waals surface area contributed by atoms with E-state index in [2.05, 4.69) is 17.9 Å². The first-order valence-corrected chi connectivity index (χ1v) is 5.37. The van der Waals surface area contributed by atoms with E-state index in [-0.39, 0.29) is 5.78 Å². The summed E-state index contributed by atoms with van der Waals surface area (Å²) >= 11 is 0. The van der Waals surface area contributed by atoms with E-state index in [9.17, 15) is 4.79 Å². The van der Waals surface area contributed by atoms with E-state index in [1.54, 1.807) is 6.92 Å². The lowest BCUT2D eigenvalue weighted by molar-refractivity contribution is -0.113. The van der Waals surface area contributed by atoms with Gasteiger partial charge in [0.2, 0.25) is 0 Å². The molecule has 1 atom stereocenters. The van der Waals surface area contributed by atoms with Gasteiger partial charge >= 0.3 is 0 Å². The Bertz CT molecular complexity index is 314. The largest absolute Gasteiger partial charge is 0.368 e. The number of piperidine rings is 1. The van der Waals surface area contributed by atoms with Crippen molar-refractivity contribution in [1.29, 1.82) is 0 Å². The van der Waals surface area contributed by atoms with Crippen LogP contribution in [0.1, 0.15) is 33.1 Å². The van der Waals surface area contributed by atoms with E-state index < -0.39 is 0 Å². The van der Waals surface area contributed by atoms with Crippen LogP contribution in [-0.4, -0.2) is 23.3 Å². The summed E-state index contributed by atoms with van der Waals surface area (Å²) in [6.45, 7) is 4.82. The van der Waals surface area contributed by atoms with Gasteiger partial charge in [0.15, 0.2) is 5.78 Å². The van der Waals surface area contributed by atoms with Gasteiger partial charge in [0.1, 0.15) is 0 Å². The van der Waals surface area contributed by atoms with Crippen molar-refractivity contribution in [3.63, 3.8) is 0 Å². The molecule has 14 heavy (non-hydrogen) atoms. The van der Waals surface area contributed by atoms with Crippen molar-refractivity contribution < 1.29 is 4.79 Å². The van der Waals surface area contributed by atoms with Gasteiger partial charge in [-0.1, -0.05) is 12.2 Å². The lowest BCUT2D eigenvalue weighted by Crippen LogP contribution is -2.39. The van der Waals surface area contributed by atoms with Gasteiger partial charge in [-0.15, -0.1) is 0 Å². The van der Waals surface area contributed by atoms with Crippen LogP contribution >= 0.6 is 0 Å². The predicted octanol–water partition coefficient (Wildman–Crippen LogP) is 2.27. The fourth-order valence-corrected chi connectivity index (χ4v) is 2.43. The third kappa shape index (κ3) is 1.49. The summed E-state index contributed by atoms with van der Waals surface area (Å²) < 4.78 is 0. The summed E-state index contributed by atoms with van der Waals surface area (Å²) in [6, 6.07) is 0.548. The number of carbonyl (C=O) groups is 1. The molecule has 2 nitrogen and oxygen atoms in total. The Balaban J connectivity index is 2.29. The summed E-state index contributed by atoms with van der Waals surface area (Å²) in [4.78, 5) is 13.7. The second-order valence-corrected chi connectivity index (χ2v) is 4.17. The van der Waals surface area contributed by atoms with Crippen LogP contribution in [0.5, 0.6) is 0 Å². The van der Waals surface area contributed by atoms with Crippen molar-refractivity contribution in [2.24, 2.45) is 0 Å². The van der Waals surface area contributed by atoms with Crippen LogP contribution in [0.4, 0.5) is 0 Å². The second-order valence-electron chi connectivity index (χ2n) is 4.17. The van der Waals surface area contributed by atoms with Gasteiger partial charge in [-0.05, 0) is 33.1 Å².